The van der Waals surface area contributed by atoms with Crippen LogP contribution >= 0.6 is 15.9 Å². The lowest BCUT2D eigenvalue weighted by Crippen LogP contribution is -2.37. The monoisotopic (exact) mass is 230 g/mol. The Kier molecular flexibility index (Phi) is 2.50. The van der Waals surface area contributed by atoms with Gasteiger partial charge in [-0.15, -0.1) is 0 Å². The molecule has 1 N–H and O–H groups in total. The summed E-state index contributed by atoms with van der Waals surface area (Å²) in [6.45, 7) is 6.36. The van der Waals surface area contributed by atoms with Crippen molar-refractivity contribution in [3.8, 4) is 0 Å². The number of halogens is 1. The van der Waals surface area contributed by atoms with Gasteiger partial charge >= 0.3 is 0 Å². The first-order valence-corrected chi connectivity index (χ1v) is 4.90. The van der Waals surface area contributed by atoms with E-state index in [-0.39, 0.29) is 11.3 Å². The second kappa shape index (κ2) is 3.00. The van der Waals surface area contributed by atoms with E-state index in [9.17, 15) is 5.11 Å². The molecule has 1 rings (SSSR count). The molecule has 0 saturated carbocycles. The molecule has 1 aliphatic carbocycles. The normalized spacial score (nSPS) is 35.6. The molecule has 0 radical (unpaired) electrons. The molecule has 2 heteroatoms. The quantitative estimate of drug-likeness (QED) is 0.635. The van der Waals surface area contributed by atoms with E-state index in [4.69, 9.17) is 0 Å². The predicted molar refractivity (Wildman–Crippen MR) is 55.1 cm³/mol. The number of alkyl halides is 1. The van der Waals surface area contributed by atoms with Crippen LogP contribution < -0.4 is 0 Å². The second-order valence-corrected chi connectivity index (χ2v) is 5.59. The van der Waals surface area contributed by atoms with Crippen LogP contribution in [0.5, 0.6) is 0 Å². The molecule has 1 nitrogen and oxygen atoms in total. The lowest BCUT2D eigenvalue weighted by Gasteiger charge is -2.37. The van der Waals surface area contributed by atoms with E-state index in [0.29, 0.717) is 0 Å². The van der Waals surface area contributed by atoms with Crippen molar-refractivity contribution in [1.82, 2.24) is 0 Å². The van der Waals surface area contributed by atoms with Gasteiger partial charge in [-0.3, -0.25) is 0 Å². The summed E-state index contributed by atoms with van der Waals surface area (Å²) >= 11 is 3.31. The summed E-state index contributed by atoms with van der Waals surface area (Å²) in [4.78, 5) is 0. The minimum Gasteiger partial charge on any atom is -0.375 e. The van der Waals surface area contributed by atoms with Crippen molar-refractivity contribution in [3.63, 3.8) is 0 Å². The zero-order valence-electron chi connectivity index (χ0n) is 7.71. The molecule has 0 heterocycles. The minimum atomic E-state index is -0.875. The summed E-state index contributed by atoms with van der Waals surface area (Å²) in [5.41, 5.74) is 0.0690. The summed E-state index contributed by atoms with van der Waals surface area (Å²) < 4.78 is -0.875. The minimum absolute atomic E-state index is 0.0690. The van der Waals surface area contributed by atoms with Gasteiger partial charge in [0.2, 0.25) is 0 Å². The molecule has 0 bridgehead atoms. The van der Waals surface area contributed by atoms with Crippen LogP contribution in [0.1, 0.15) is 20.8 Å². The molecular formula is C10H15BrO. The maximum Gasteiger partial charge on any atom is 0.145 e. The van der Waals surface area contributed by atoms with Crippen molar-refractivity contribution in [2.45, 2.75) is 25.3 Å². The molecule has 0 aromatic carbocycles. The summed E-state index contributed by atoms with van der Waals surface area (Å²) in [5, 5.41) is 9.95. The zero-order valence-corrected chi connectivity index (χ0v) is 9.30. The van der Waals surface area contributed by atoms with Crippen molar-refractivity contribution in [1.29, 1.82) is 0 Å². The van der Waals surface area contributed by atoms with E-state index < -0.39 is 4.51 Å². The average molecular weight is 231 g/mol. The van der Waals surface area contributed by atoms with Crippen molar-refractivity contribution >= 4 is 15.9 Å². The van der Waals surface area contributed by atoms with Crippen LogP contribution in [0, 0.1) is 11.3 Å². The maximum absolute atomic E-state index is 9.95. The Bertz CT molecular complexity index is 220. The van der Waals surface area contributed by atoms with Gasteiger partial charge in [0.1, 0.15) is 4.51 Å². The largest absolute Gasteiger partial charge is 0.375 e. The van der Waals surface area contributed by atoms with Gasteiger partial charge < -0.3 is 5.11 Å². The van der Waals surface area contributed by atoms with Crippen LogP contribution in [-0.2, 0) is 0 Å². The van der Waals surface area contributed by atoms with Gasteiger partial charge in [0, 0.05) is 5.92 Å². The Balaban J connectivity index is 2.92. The smallest absolute Gasteiger partial charge is 0.145 e. The van der Waals surface area contributed by atoms with Crippen LogP contribution in [0.3, 0.4) is 0 Å². The van der Waals surface area contributed by atoms with Gasteiger partial charge in [-0.25, -0.2) is 0 Å². The molecule has 0 aliphatic heterocycles. The molecule has 0 aromatic rings. The van der Waals surface area contributed by atoms with E-state index in [0.717, 1.165) is 0 Å². The predicted octanol–water partition coefficient (Wildman–Crippen LogP) is 2.86. The number of rotatable bonds is 0. The molecule has 0 aromatic heterocycles. The van der Waals surface area contributed by atoms with Crippen LogP contribution in [0.2, 0.25) is 0 Å². The van der Waals surface area contributed by atoms with Crippen LogP contribution in [0.25, 0.3) is 0 Å². The molecule has 12 heavy (non-hydrogen) atoms. The Labute approximate surface area is 82.3 Å². The van der Waals surface area contributed by atoms with Gasteiger partial charge in [0.25, 0.3) is 0 Å². The lowest BCUT2D eigenvalue weighted by atomic mass is 9.75. The first-order chi connectivity index (χ1) is 5.34. The fourth-order valence-electron chi connectivity index (χ4n) is 1.50. The van der Waals surface area contributed by atoms with Gasteiger partial charge in [0.05, 0.1) is 0 Å². The maximum atomic E-state index is 9.95. The van der Waals surface area contributed by atoms with E-state index in [1.54, 1.807) is 6.08 Å². The van der Waals surface area contributed by atoms with Crippen molar-refractivity contribution < 1.29 is 5.11 Å². The standard InChI is InChI=1S/C10H15BrO/c1-9(2,3)8-6-4-5-7-10(8,11)12/h4-8,12H,1-3H3. The van der Waals surface area contributed by atoms with Crippen molar-refractivity contribution in [3.05, 3.63) is 24.3 Å². The Morgan fingerprint density at radius 1 is 1.33 bits per heavy atom. The van der Waals surface area contributed by atoms with Crippen molar-refractivity contribution in [2.75, 3.05) is 0 Å². The molecule has 2 atom stereocenters. The molecular weight excluding hydrogens is 216 g/mol. The third-order valence-electron chi connectivity index (χ3n) is 2.11. The van der Waals surface area contributed by atoms with E-state index in [1.807, 2.05) is 18.2 Å². The first kappa shape index (κ1) is 10.0. The van der Waals surface area contributed by atoms with Crippen LogP contribution in [0.4, 0.5) is 0 Å². The SMILES string of the molecule is CC(C)(C)C1C=CC=CC1(O)Br. The first-order valence-electron chi connectivity index (χ1n) is 4.11. The van der Waals surface area contributed by atoms with E-state index in [2.05, 4.69) is 36.7 Å². The summed E-state index contributed by atoms with van der Waals surface area (Å²) in [5.74, 6) is 0.120. The summed E-state index contributed by atoms with van der Waals surface area (Å²) in [6.07, 6.45) is 7.65. The Morgan fingerprint density at radius 3 is 2.25 bits per heavy atom. The van der Waals surface area contributed by atoms with Gasteiger partial charge in [-0.05, 0) is 27.4 Å². The molecule has 0 spiro atoms. The van der Waals surface area contributed by atoms with Crippen LogP contribution in [0.15, 0.2) is 24.3 Å². The fraction of sp³-hybridized carbons (Fsp3) is 0.600. The number of hydrogen-bond donors (Lipinski definition) is 1. The molecule has 2 unspecified atom stereocenters. The highest BCUT2D eigenvalue weighted by Crippen LogP contribution is 2.41. The van der Waals surface area contributed by atoms with E-state index in [1.165, 1.54) is 0 Å². The fourth-order valence-corrected chi connectivity index (χ4v) is 2.49. The van der Waals surface area contributed by atoms with Gasteiger partial charge in [-0.1, -0.05) is 39.0 Å². The van der Waals surface area contributed by atoms with Gasteiger partial charge in [-0.2, -0.15) is 0 Å². The number of hydrogen-bond acceptors (Lipinski definition) is 1. The lowest BCUT2D eigenvalue weighted by molar-refractivity contribution is 0.0838. The Morgan fingerprint density at radius 2 is 1.92 bits per heavy atom. The third kappa shape index (κ3) is 1.99. The second-order valence-electron chi connectivity index (χ2n) is 4.32. The zero-order chi connectivity index (χ0) is 9.41. The van der Waals surface area contributed by atoms with Crippen LogP contribution in [-0.4, -0.2) is 9.62 Å². The molecule has 0 saturated heterocycles. The Hall–Kier alpha value is -0.0800. The summed E-state index contributed by atoms with van der Waals surface area (Å²) in [6, 6.07) is 0. The number of aliphatic hydroxyl groups is 1. The molecule has 68 valence electrons. The highest BCUT2D eigenvalue weighted by molar-refractivity contribution is 9.10. The third-order valence-corrected chi connectivity index (χ3v) is 2.87. The van der Waals surface area contributed by atoms with E-state index >= 15 is 0 Å². The molecule has 0 fully saturated rings. The average Bonchev–Trinajstić information content (AvgIpc) is 1.83. The molecule has 1 aliphatic rings. The van der Waals surface area contributed by atoms with Gasteiger partial charge in [0.15, 0.2) is 0 Å². The topological polar surface area (TPSA) is 20.2 Å². The molecule has 0 amide bonds. The highest BCUT2D eigenvalue weighted by atomic mass is 79.9. The number of allylic oxidation sites excluding steroid dienone is 2. The van der Waals surface area contributed by atoms with Crippen molar-refractivity contribution in [2.24, 2.45) is 11.3 Å². The highest BCUT2D eigenvalue weighted by Gasteiger charge is 2.38. The summed E-state index contributed by atoms with van der Waals surface area (Å²) in [7, 11) is 0.